The first-order chi connectivity index (χ1) is 9.33. The molecule has 1 N–H and O–H groups in total. The number of nitrogens with zero attached hydrogens (tertiary/aromatic N) is 1. The molecule has 1 fully saturated rings. The zero-order valence-electron chi connectivity index (χ0n) is 12.0. The molecule has 1 aliphatic rings. The number of thioether (sulfide) groups is 1. The lowest BCUT2D eigenvalue weighted by atomic mass is 10.2. The van der Waals surface area contributed by atoms with Crippen LogP contribution < -0.4 is 5.32 Å². The smallest absolute Gasteiger partial charge is 0.346 e. The minimum Gasteiger partial charge on any atom is -0.346 e. The van der Waals surface area contributed by atoms with E-state index in [2.05, 4.69) is 6.92 Å². The number of alkyl halides is 3. The summed E-state index contributed by atoms with van der Waals surface area (Å²) in [5, 5.41) is 2.45. The standard InChI is InChI=1S/C13H23F3N2OS/c1-3-20-11-6-4-5-7-18(8-11)10(2)12(19)17-9-13(14,15)16/h10-11H,3-9H2,1-2H3,(H,17,19)/t10-,11+/m1/s1. The highest BCUT2D eigenvalue weighted by molar-refractivity contribution is 7.99. The first kappa shape index (κ1) is 17.6. The maximum atomic E-state index is 12.1. The van der Waals surface area contributed by atoms with Gasteiger partial charge >= 0.3 is 6.18 Å². The van der Waals surface area contributed by atoms with Gasteiger partial charge in [0, 0.05) is 11.8 Å². The molecular weight excluding hydrogens is 289 g/mol. The average Bonchev–Trinajstić information content (AvgIpc) is 2.60. The molecule has 1 saturated heterocycles. The molecule has 20 heavy (non-hydrogen) atoms. The van der Waals surface area contributed by atoms with Gasteiger partial charge in [0.25, 0.3) is 0 Å². The van der Waals surface area contributed by atoms with Crippen molar-refractivity contribution in [3.05, 3.63) is 0 Å². The molecule has 1 aliphatic heterocycles. The summed E-state index contributed by atoms with van der Waals surface area (Å²) >= 11 is 1.86. The van der Waals surface area contributed by atoms with Crippen LogP contribution >= 0.6 is 11.8 Å². The Morgan fingerprint density at radius 3 is 2.75 bits per heavy atom. The van der Waals surface area contributed by atoms with Gasteiger partial charge in [-0.25, -0.2) is 0 Å². The van der Waals surface area contributed by atoms with Crippen LogP contribution in [0.25, 0.3) is 0 Å². The first-order valence-corrected chi connectivity index (χ1v) is 8.08. The molecular formula is C13H23F3N2OS. The Labute approximate surface area is 122 Å². The number of carbonyl (C=O) groups is 1. The van der Waals surface area contributed by atoms with Gasteiger partial charge in [0.2, 0.25) is 5.91 Å². The third kappa shape index (κ3) is 6.35. The Balaban J connectivity index is 2.50. The van der Waals surface area contributed by atoms with Gasteiger partial charge in [-0.3, -0.25) is 9.69 Å². The summed E-state index contributed by atoms with van der Waals surface area (Å²) in [6, 6.07) is -0.504. The van der Waals surface area contributed by atoms with Crippen LogP contribution in [-0.2, 0) is 4.79 Å². The Morgan fingerprint density at radius 2 is 2.15 bits per heavy atom. The summed E-state index contributed by atoms with van der Waals surface area (Å²) in [5.41, 5.74) is 0. The Kier molecular flexibility index (Phi) is 7.15. The van der Waals surface area contributed by atoms with Crippen molar-refractivity contribution >= 4 is 17.7 Å². The van der Waals surface area contributed by atoms with Crippen LogP contribution in [-0.4, -0.2) is 53.7 Å². The van der Waals surface area contributed by atoms with Gasteiger partial charge in [-0.15, -0.1) is 0 Å². The quantitative estimate of drug-likeness (QED) is 0.847. The predicted molar refractivity (Wildman–Crippen MR) is 75.9 cm³/mol. The van der Waals surface area contributed by atoms with Crippen molar-refractivity contribution in [1.82, 2.24) is 10.2 Å². The summed E-state index contributed by atoms with van der Waals surface area (Å²) in [5.74, 6) is 0.483. The number of amides is 1. The summed E-state index contributed by atoms with van der Waals surface area (Å²) in [6.07, 6.45) is -1.12. The zero-order chi connectivity index (χ0) is 15.2. The average molecular weight is 312 g/mol. The molecule has 2 atom stereocenters. The second kappa shape index (κ2) is 8.12. The Bertz CT molecular complexity index is 312. The molecule has 0 unspecified atom stereocenters. The van der Waals surface area contributed by atoms with E-state index in [1.165, 1.54) is 0 Å². The normalized spacial score (nSPS) is 23.1. The molecule has 0 aromatic rings. The largest absolute Gasteiger partial charge is 0.405 e. The summed E-state index contributed by atoms with van der Waals surface area (Å²) in [7, 11) is 0. The van der Waals surface area contributed by atoms with Gasteiger partial charge in [0.05, 0.1) is 6.04 Å². The molecule has 1 amide bonds. The van der Waals surface area contributed by atoms with Crippen molar-refractivity contribution in [2.24, 2.45) is 0 Å². The molecule has 0 saturated carbocycles. The minimum atomic E-state index is -4.35. The second-order valence-electron chi connectivity index (χ2n) is 5.08. The number of carbonyl (C=O) groups excluding carboxylic acids is 1. The van der Waals surface area contributed by atoms with Crippen LogP contribution in [0.15, 0.2) is 0 Å². The van der Waals surface area contributed by atoms with Gasteiger partial charge in [-0.1, -0.05) is 13.3 Å². The van der Waals surface area contributed by atoms with Gasteiger partial charge < -0.3 is 5.32 Å². The molecule has 0 aromatic heterocycles. The highest BCUT2D eigenvalue weighted by Crippen LogP contribution is 2.23. The number of likely N-dealkylation sites (tertiary alicyclic amines) is 1. The van der Waals surface area contributed by atoms with Crippen molar-refractivity contribution in [2.45, 2.75) is 50.6 Å². The molecule has 0 radical (unpaired) electrons. The minimum absolute atomic E-state index is 0.473. The van der Waals surface area contributed by atoms with E-state index in [0.717, 1.165) is 38.1 Å². The van der Waals surface area contributed by atoms with Crippen LogP contribution in [0, 0.1) is 0 Å². The molecule has 0 spiro atoms. The third-order valence-electron chi connectivity index (χ3n) is 3.45. The van der Waals surface area contributed by atoms with Crippen LogP contribution in [0.1, 0.15) is 33.1 Å². The lowest BCUT2D eigenvalue weighted by Crippen LogP contribution is -2.48. The van der Waals surface area contributed by atoms with Crippen molar-refractivity contribution in [1.29, 1.82) is 0 Å². The highest BCUT2D eigenvalue weighted by Gasteiger charge is 2.31. The third-order valence-corrected chi connectivity index (χ3v) is 4.64. The molecule has 0 aromatic carbocycles. The van der Waals surface area contributed by atoms with Gasteiger partial charge in [0.1, 0.15) is 6.54 Å². The highest BCUT2D eigenvalue weighted by atomic mass is 32.2. The maximum absolute atomic E-state index is 12.1. The Hall–Kier alpha value is -0.430. The van der Waals surface area contributed by atoms with E-state index in [1.54, 1.807) is 6.92 Å². The first-order valence-electron chi connectivity index (χ1n) is 7.03. The summed E-state index contributed by atoms with van der Waals surface area (Å²) in [4.78, 5) is 13.8. The van der Waals surface area contributed by atoms with Gasteiger partial charge in [0.15, 0.2) is 0 Å². The molecule has 7 heteroatoms. The van der Waals surface area contributed by atoms with Crippen LogP contribution in [0.5, 0.6) is 0 Å². The van der Waals surface area contributed by atoms with Crippen LogP contribution in [0.3, 0.4) is 0 Å². The fourth-order valence-electron chi connectivity index (χ4n) is 2.36. The lowest BCUT2D eigenvalue weighted by Gasteiger charge is -2.29. The molecule has 1 heterocycles. The van der Waals surface area contributed by atoms with Gasteiger partial charge in [-0.2, -0.15) is 24.9 Å². The fourth-order valence-corrected chi connectivity index (χ4v) is 3.46. The Morgan fingerprint density at radius 1 is 1.45 bits per heavy atom. The molecule has 0 bridgehead atoms. The fraction of sp³-hybridized carbons (Fsp3) is 0.923. The van der Waals surface area contributed by atoms with E-state index in [-0.39, 0.29) is 0 Å². The van der Waals surface area contributed by atoms with E-state index in [0.29, 0.717) is 5.25 Å². The van der Waals surface area contributed by atoms with Crippen molar-refractivity contribution in [3.63, 3.8) is 0 Å². The molecule has 0 aliphatic carbocycles. The number of nitrogens with one attached hydrogen (secondary N) is 1. The van der Waals surface area contributed by atoms with E-state index in [1.807, 2.05) is 22.0 Å². The number of halogens is 3. The number of hydrogen-bond donors (Lipinski definition) is 1. The SMILES string of the molecule is CCS[C@H]1CCCCN([C@H](C)C(=O)NCC(F)(F)F)C1. The van der Waals surface area contributed by atoms with E-state index < -0.39 is 24.7 Å². The monoisotopic (exact) mass is 312 g/mol. The molecule has 1 rings (SSSR count). The maximum Gasteiger partial charge on any atom is 0.405 e. The van der Waals surface area contributed by atoms with Crippen LogP contribution in [0.2, 0.25) is 0 Å². The van der Waals surface area contributed by atoms with Gasteiger partial charge in [-0.05, 0) is 32.1 Å². The van der Waals surface area contributed by atoms with Crippen molar-refractivity contribution in [3.8, 4) is 0 Å². The summed E-state index contributed by atoms with van der Waals surface area (Å²) in [6.45, 7) is 4.09. The predicted octanol–water partition coefficient (Wildman–Crippen LogP) is 2.66. The summed E-state index contributed by atoms with van der Waals surface area (Å²) < 4.78 is 36.4. The molecule has 118 valence electrons. The van der Waals surface area contributed by atoms with E-state index in [4.69, 9.17) is 0 Å². The zero-order valence-corrected chi connectivity index (χ0v) is 12.8. The lowest BCUT2D eigenvalue weighted by molar-refractivity contribution is -0.141. The second-order valence-corrected chi connectivity index (χ2v) is 6.65. The molecule has 3 nitrogen and oxygen atoms in total. The van der Waals surface area contributed by atoms with Crippen molar-refractivity contribution in [2.75, 3.05) is 25.4 Å². The topological polar surface area (TPSA) is 32.3 Å². The number of hydrogen-bond acceptors (Lipinski definition) is 3. The number of rotatable bonds is 5. The van der Waals surface area contributed by atoms with E-state index in [9.17, 15) is 18.0 Å². The van der Waals surface area contributed by atoms with Crippen LogP contribution in [0.4, 0.5) is 13.2 Å². The van der Waals surface area contributed by atoms with Crippen molar-refractivity contribution < 1.29 is 18.0 Å². The van der Waals surface area contributed by atoms with E-state index >= 15 is 0 Å².